The van der Waals surface area contributed by atoms with Crippen LogP contribution in [0.15, 0.2) is 48.5 Å². The van der Waals surface area contributed by atoms with Gasteiger partial charge in [0.1, 0.15) is 5.82 Å². The van der Waals surface area contributed by atoms with Gasteiger partial charge >= 0.3 is 0 Å². The minimum Gasteiger partial charge on any atom is -0.212 e. The fourth-order valence-corrected chi connectivity index (χ4v) is 4.49. The number of hydrogen-bond acceptors (Lipinski definition) is 2. The second-order valence-corrected chi connectivity index (χ2v) is 8.90. The fraction of sp³-hybridized carbons (Fsp3) is 0.368. The van der Waals surface area contributed by atoms with Gasteiger partial charge in [-0.2, -0.15) is 0 Å². The van der Waals surface area contributed by atoms with Gasteiger partial charge in [-0.1, -0.05) is 49.4 Å². The lowest BCUT2D eigenvalue weighted by molar-refractivity contribution is 0.489. The van der Waals surface area contributed by atoms with Crippen LogP contribution in [0.25, 0.3) is 11.1 Å². The molecule has 0 fully saturated rings. The molecule has 24 heavy (non-hydrogen) atoms. The summed E-state index contributed by atoms with van der Waals surface area (Å²) in [5.74, 6) is -0.404. The van der Waals surface area contributed by atoms with Gasteiger partial charge in [-0.05, 0) is 43.9 Å². The van der Waals surface area contributed by atoms with Gasteiger partial charge in [0.15, 0.2) is 0 Å². The summed E-state index contributed by atoms with van der Waals surface area (Å²) in [5, 5.41) is 0. The van der Waals surface area contributed by atoms with E-state index in [1.54, 1.807) is 18.2 Å². The SMILES string of the molecule is CC(CS(=O)(=O)NC(C)(C)C)c1ccc(-c2ccccc2F)cc1. The molecule has 1 N–H and O–H groups in total. The van der Waals surface area contributed by atoms with Crippen LogP contribution in [0.4, 0.5) is 4.39 Å². The topological polar surface area (TPSA) is 46.2 Å². The van der Waals surface area contributed by atoms with Crippen molar-refractivity contribution in [2.45, 2.75) is 39.2 Å². The van der Waals surface area contributed by atoms with E-state index in [9.17, 15) is 12.8 Å². The van der Waals surface area contributed by atoms with Crippen molar-refractivity contribution in [1.29, 1.82) is 0 Å². The van der Waals surface area contributed by atoms with Crippen LogP contribution < -0.4 is 4.72 Å². The van der Waals surface area contributed by atoms with Gasteiger partial charge in [0.2, 0.25) is 10.0 Å². The highest BCUT2D eigenvalue weighted by atomic mass is 32.2. The Morgan fingerprint density at radius 1 is 1.04 bits per heavy atom. The monoisotopic (exact) mass is 349 g/mol. The van der Waals surface area contributed by atoms with E-state index in [2.05, 4.69) is 4.72 Å². The summed E-state index contributed by atoms with van der Waals surface area (Å²) in [5.41, 5.74) is 1.74. The van der Waals surface area contributed by atoms with Gasteiger partial charge in [0, 0.05) is 11.1 Å². The van der Waals surface area contributed by atoms with E-state index < -0.39 is 15.6 Å². The summed E-state index contributed by atoms with van der Waals surface area (Å²) in [6.45, 7) is 7.33. The van der Waals surface area contributed by atoms with E-state index in [1.165, 1.54) is 6.07 Å². The lowest BCUT2D eigenvalue weighted by Crippen LogP contribution is -2.42. The van der Waals surface area contributed by atoms with E-state index >= 15 is 0 Å². The molecule has 0 aromatic heterocycles. The summed E-state index contributed by atoms with van der Waals surface area (Å²) < 4.78 is 40.9. The van der Waals surface area contributed by atoms with Crippen molar-refractivity contribution < 1.29 is 12.8 Å². The molecule has 0 saturated heterocycles. The molecule has 0 saturated carbocycles. The normalized spacial score (nSPS) is 13.7. The predicted molar refractivity (Wildman–Crippen MR) is 96.9 cm³/mol. The first kappa shape index (κ1) is 18.6. The van der Waals surface area contributed by atoms with Crippen LogP contribution in [0.2, 0.25) is 0 Å². The molecule has 1 atom stereocenters. The zero-order chi connectivity index (χ0) is 18.0. The molecular formula is C19H24FNO2S. The van der Waals surface area contributed by atoms with Gasteiger partial charge in [0.05, 0.1) is 5.75 Å². The molecule has 0 aliphatic carbocycles. The molecule has 0 bridgehead atoms. The van der Waals surface area contributed by atoms with Crippen molar-refractivity contribution >= 4 is 10.0 Å². The number of hydrogen-bond donors (Lipinski definition) is 1. The zero-order valence-electron chi connectivity index (χ0n) is 14.5. The van der Waals surface area contributed by atoms with Crippen LogP contribution in [-0.2, 0) is 10.0 Å². The van der Waals surface area contributed by atoms with Crippen molar-refractivity contribution in [2.75, 3.05) is 5.75 Å². The van der Waals surface area contributed by atoms with E-state index in [0.29, 0.717) is 5.56 Å². The molecule has 0 radical (unpaired) electrons. The zero-order valence-corrected chi connectivity index (χ0v) is 15.3. The Morgan fingerprint density at radius 2 is 1.62 bits per heavy atom. The first-order valence-corrected chi connectivity index (χ1v) is 9.59. The van der Waals surface area contributed by atoms with Gasteiger partial charge in [-0.25, -0.2) is 17.5 Å². The third-order valence-corrected chi connectivity index (χ3v) is 5.46. The van der Waals surface area contributed by atoms with Crippen LogP contribution in [0, 0.1) is 5.82 Å². The van der Waals surface area contributed by atoms with E-state index in [1.807, 2.05) is 52.0 Å². The summed E-state index contributed by atoms with van der Waals surface area (Å²) in [6, 6.07) is 14.0. The molecule has 0 aliphatic heterocycles. The third kappa shape index (κ3) is 5.14. The number of nitrogens with one attached hydrogen (secondary N) is 1. The van der Waals surface area contributed by atoms with Crippen LogP contribution in [0.5, 0.6) is 0 Å². The second-order valence-electron chi connectivity index (χ2n) is 7.14. The summed E-state index contributed by atoms with van der Waals surface area (Å²) in [6.07, 6.45) is 0. The predicted octanol–water partition coefficient (Wildman–Crippen LogP) is 4.31. The molecule has 2 aromatic carbocycles. The van der Waals surface area contributed by atoms with Gasteiger partial charge < -0.3 is 0 Å². The quantitative estimate of drug-likeness (QED) is 0.874. The van der Waals surface area contributed by atoms with Crippen molar-refractivity contribution in [1.82, 2.24) is 4.72 Å². The van der Waals surface area contributed by atoms with E-state index in [0.717, 1.165) is 11.1 Å². The maximum absolute atomic E-state index is 13.8. The molecule has 2 aromatic rings. The number of rotatable bonds is 5. The van der Waals surface area contributed by atoms with Gasteiger partial charge in [-0.3, -0.25) is 0 Å². The molecule has 0 amide bonds. The molecular weight excluding hydrogens is 325 g/mol. The fourth-order valence-electron chi connectivity index (χ4n) is 2.62. The lowest BCUT2D eigenvalue weighted by Gasteiger charge is -2.22. The van der Waals surface area contributed by atoms with Gasteiger partial charge in [-0.15, -0.1) is 0 Å². The molecule has 3 nitrogen and oxygen atoms in total. The minimum absolute atomic E-state index is 0.0172. The third-order valence-electron chi connectivity index (χ3n) is 3.60. The first-order valence-electron chi connectivity index (χ1n) is 7.94. The Morgan fingerprint density at radius 3 is 2.17 bits per heavy atom. The summed E-state index contributed by atoms with van der Waals surface area (Å²) in [4.78, 5) is 0. The van der Waals surface area contributed by atoms with Crippen LogP contribution >= 0.6 is 0 Å². The van der Waals surface area contributed by atoms with E-state index in [-0.39, 0.29) is 17.5 Å². The highest BCUT2D eigenvalue weighted by molar-refractivity contribution is 7.89. The Balaban J connectivity index is 2.15. The second kappa shape index (κ2) is 7.03. The molecule has 0 heterocycles. The highest BCUT2D eigenvalue weighted by Crippen LogP contribution is 2.25. The Labute approximate surface area is 144 Å². The maximum Gasteiger partial charge on any atom is 0.212 e. The van der Waals surface area contributed by atoms with Gasteiger partial charge in [0.25, 0.3) is 0 Å². The van der Waals surface area contributed by atoms with Crippen LogP contribution in [0.1, 0.15) is 39.2 Å². The average Bonchev–Trinajstić information content (AvgIpc) is 2.45. The summed E-state index contributed by atoms with van der Waals surface area (Å²) >= 11 is 0. The maximum atomic E-state index is 13.8. The Bertz CT molecular complexity index is 793. The Hall–Kier alpha value is -1.72. The molecule has 130 valence electrons. The molecule has 0 spiro atoms. The van der Waals surface area contributed by atoms with Crippen molar-refractivity contribution in [2.24, 2.45) is 0 Å². The van der Waals surface area contributed by atoms with E-state index in [4.69, 9.17) is 0 Å². The van der Waals surface area contributed by atoms with Crippen molar-refractivity contribution in [3.63, 3.8) is 0 Å². The molecule has 1 unspecified atom stereocenters. The number of sulfonamides is 1. The largest absolute Gasteiger partial charge is 0.212 e. The van der Waals surface area contributed by atoms with Crippen molar-refractivity contribution in [3.8, 4) is 11.1 Å². The highest BCUT2D eigenvalue weighted by Gasteiger charge is 2.23. The number of benzene rings is 2. The standard InChI is InChI=1S/C19H24FNO2S/c1-14(13-24(22,23)21-19(2,3)4)15-9-11-16(12-10-15)17-7-5-6-8-18(17)20/h5-12,14,21H,13H2,1-4H3. The summed E-state index contributed by atoms with van der Waals surface area (Å²) in [7, 11) is -3.37. The molecule has 2 rings (SSSR count). The van der Waals surface area contributed by atoms with Crippen LogP contribution in [0.3, 0.4) is 0 Å². The van der Waals surface area contributed by atoms with Crippen LogP contribution in [-0.4, -0.2) is 19.7 Å². The molecule has 0 aliphatic rings. The first-order chi connectivity index (χ1) is 11.1. The lowest BCUT2D eigenvalue weighted by atomic mass is 9.98. The van der Waals surface area contributed by atoms with Crippen molar-refractivity contribution in [3.05, 3.63) is 59.9 Å². The Kier molecular flexibility index (Phi) is 5.45. The smallest absolute Gasteiger partial charge is 0.212 e. The average molecular weight is 349 g/mol. The molecule has 5 heteroatoms. The minimum atomic E-state index is -3.37. The number of halogens is 1.